The second-order valence-electron chi connectivity index (χ2n) is 3.48. The Labute approximate surface area is 106 Å². The van der Waals surface area contributed by atoms with Crippen molar-refractivity contribution in [3.63, 3.8) is 0 Å². The van der Waals surface area contributed by atoms with Crippen molar-refractivity contribution in [2.75, 3.05) is 25.6 Å². The fourth-order valence-electron chi connectivity index (χ4n) is 1.28. The summed E-state index contributed by atoms with van der Waals surface area (Å²) in [5, 5.41) is 1.25. The van der Waals surface area contributed by atoms with Crippen LogP contribution in [-0.2, 0) is 6.54 Å². The molecule has 0 saturated heterocycles. The molecule has 15 heavy (non-hydrogen) atoms. The number of benzene rings is 1. The molecule has 84 valence electrons. The highest BCUT2D eigenvalue weighted by Crippen LogP contribution is 2.23. The lowest BCUT2D eigenvalue weighted by Crippen LogP contribution is -2.20. The molecule has 1 aromatic carbocycles. The van der Waals surface area contributed by atoms with Crippen molar-refractivity contribution >= 4 is 35.0 Å². The highest BCUT2D eigenvalue weighted by molar-refractivity contribution is 7.98. The molecule has 0 aliphatic rings. The summed E-state index contributed by atoms with van der Waals surface area (Å²) in [5.41, 5.74) is 1.20. The van der Waals surface area contributed by atoms with Crippen LogP contribution in [0, 0.1) is 0 Å². The van der Waals surface area contributed by atoms with Gasteiger partial charge in [-0.05, 0) is 31.0 Å². The van der Waals surface area contributed by atoms with Crippen molar-refractivity contribution < 1.29 is 0 Å². The standard InChI is InChI=1S/C11H15Cl2NS/c1-14(5-6-15-2)8-9-3-4-10(12)11(13)7-9/h3-4,7H,5-6,8H2,1-2H3. The van der Waals surface area contributed by atoms with Gasteiger partial charge in [0.15, 0.2) is 0 Å². The molecule has 4 heteroatoms. The number of nitrogens with zero attached hydrogens (tertiary/aromatic N) is 1. The van der Waals surface area contributed by atoms with E-state index in [2.05, 4.69) is 18.2 Å². The van der Waals surface area contributed by atoms with Gasteiger partial charge in [-0.15, -0.1) is 0 Å². The Bertz CT molecular complexity index is 317. The average Bonchev–Trinajstić information content (AvgIpc) is 2.20. The largest absolute Gasteiger partial charge is 0.301 e. The topological polar surface area (TPSA) is 3.24 Å². The summed E-state index contributed by atoms with van der Waals surface area (Å²) in [7, 11) is 2.11. The predicted octanol–water partition coefficient (Wildman–Crippen LogP) is 3.79. The summed E-state index contributed by atoms with van der Waals surface area (Å²) < 4.78 is 0. The third kappa shape index (κ3) is 4.64. The van der Waals surface area contributed by atoms with Crippen LogP contribution in [0.5, 0.6) is 0 Å². The number of hydrogen-bond acceptors (Lipinski definition) is 2. The molecule has 0 aliphatic carbocycles. The van der Waals surface area contributed by atoms with Gasteiger partial charge in [0.05, 0.1) is 10.0 Å². The highest BCUT2D eigenvalue weighted by Gasteiger charge is 2.02. The van der Waals surface area contributed by atoms with Gasteiger partial charge in [-0.2, -0.15) is 11.8 Å². The molecule has 0 saturated carbocycles. The number of halogens is 2. The molecule has 1 aromatic rings. The van der Waals surface area contributed by atoms with Crippen LogP contribution >= 0.6 is 35.0 Å². The van der Waals surface area contributed by atoms with Gasteiger partial charge in [0.25, 0.3) is 0 Å². The molecule has 0 aromatic heterocycles. The van der Waals surface area contributed by atoms with E-state index < -0.39 is 0 Å². The molecule has 0 radical (unpaired) electrons. The second-order valence-corrected chi connectivity index (χ2v) is 5.28. The zero-order chi connectivity index (χ0) is 11.3. The fourth-order valence-corrected chi connectivity index (χ4v) is 2.09. The van der Waals surface area contributed by atoms with Gasteiger partial charge in [-0.1, -0.05) is 29.3 Å². The maximum Gasteiger partial charge on any atom is 0.0595 e. The Morgan fingerprint density at radius 1 is 1.27 bits per heavy atom. The summed E-state index contributed by atoms with van der Waals surface area (Å²) in [4.78, 5) is 2.27. The lowest BCUT2D eigenvalue weighted by atomic mass is 10.2. The normalized spacial score (nSPS) is 11.0. The molecule has 0 spiro atoms. The van der Waals surface area contributed by atoms with E-state index in [0.717, 1.165) is 18.8 Å². The SMILES string of the molecule is CSCCN(C)Cc1ccc(Cl)c(Cl)c1. The molecule has 0 bridgehead atoms. The molecular formula is C11H15Cl2NS. The molecule has 0 unspecified atom stereocenters. The van der Waals surface area contributed by atoms with Crippen LogP contribution in [0.15, 0.2) is 18.2 Å². The minimum absolute atomic E-state index is 0.618. The quantitative estimate of drug-likeness (QED) is 0.796. The summed E-state index contributed by atoms with van der Waals surface area (Å²) in [6.07, 6.45) is 2.12. The second kappa shape index (κ2) is 6.64. The molecule has 0 N–H and O–H groups in total. The molecule has 1 nitrogen and oxygen atoms in total. The summed E-state index contributed by atoms with van der Waals surface area (Å²) in [6.45, 7) is 2.00. The van der Waals surface area contributed by atoms with Crippen molar-refractivity contribution in [3.8, 4) is 0 Å². The zero-order valence-corrected chi connectivity index (χ0v) is 11.3. The van der Waals surface area contributed by atoms with Gasteiger partial charge in [-0.3, -0.25) is 0 Å². The van der Waals surface area contributed by atoms with Crippen LogP contribution < -0.4 is 0 Å². The first-order chi connectivity index (χ1) is 7.13. The highest BCUT2D eigenvalue weighted by atomic mass is 35.5. The summed E-state index contributed by atoms with van der Waals surface area (Å²) in [6, 6.07) is 5.80. The molecule has 0 amide bonds. The average molecular weight is 264 g/mol. The smallest absolute Gasteiger partial charge is 0.0595 e. The third-order valence-corrected chi connectivity index (χ3v) is 3.44. The Hall–Kier alpha value is 0.110. The van der Waals surface area contributed by atoms with E-state index in [9.17, 15) is 0 Å². The molecule has 0 atom stereocenters. The van der Waals surface area contributed by atoms with Gasteiger partial charge in [0, 0.05) is 18.8 Å². The van der Waals surface area contributed by atoms with Crippen LogP contribution in [0.3, 0.4) is 0 Å². The first-order valence-electron chi connectivity index (χ1n) is 4.75. The number of rotatable bonds is 5. The van der Waals surface area contributed by atoms with Crippen LogP contribution in [0.2, 0.25) is 10.0 Å². The lowest BCUT2D eigenvalue weighted by molar-refractivity contribution is 0.349. The minimum atomic E-state index is 0.618. The van der Waals surface area contributed by atoms with Crippen molar-refractivity contribution in [1.82, 2.24) is 4.90 Å². The van der Waals surface area contributed by atoms with Gasteiger partial charge in [0.2, 0.25) is 0 Å². The third-order valence-electron chi connectivity index (χ3n) is 2.11. The molecule has 0 fully saturated rings. The maximum absolute atomic E-state index is 5.95. The van der Waals surface area contributed by atoms with E-state index >= 15 is 0 Å². The summed E-state index contributed by atoms with van der Waals surface area (Å²) >= 11 is 13.7. The van der Waals surface area contributed by atoms with E-state index in [4.69, 9.17) is 23.2 Å². The van der Waals surface area contributed by atoms with Crippen LogP contribution in [0.4, 0.5) is 0 Å². The molecule has 0 aliphatic heterocycles. The first-order valence-corrected chi connectivity index (χ1v) is 6.90. The zero-order valence-electron chi connectivity index (χ0n) is 8.96. The van der Waals surface area contributed by atoms with Crippen LogP contribution in [0.1, 0.15) is 5.56 Å². The predicted molar refractivity (Wildman–Crippen MR) is 71.2 cm³/mol. The van der Waals surface area contributed by atoms with Crippen LogP contribution in [0.25, 0.3) is 0 Å². The molecule has 1 rings (SSSR count). The van der Waals surface area contributed by atoms with E-state index in [1.807, 2.05) is 30.0 Å². The fraction of sp³-hybridized carbons (Fsp3) is 0.455. The first kappa shape index (κ1) is 13.2. The number of thioether (sulfide) groups is 1. The van der Waals surface area contributed by atoms with Gasteiger partial charge in [-0.25, -0.2) is 0 Å². The van der Waals surface area contributed by atoms with Crippen molar-refractivity contribution in [3.05, 3.63) is 33.8 Å². The van der Waals surface area contributed by atoms with Crippen molar-refractivity contribution in [2.45, 2.75) is 6.54 Å². The van der Waals surface area contributed by atoms with E-state index in [0.29, 0.717) is 10.0 Å². The Morgan fingerprint density at radius 2 is 2.00 bits per heavy atom. The van der Waals surface area contributed by atoms with Crippen molar-refractivity contribution in [1.29, 1.82) is 0 Å². The lowest BCUT2D eigenvalue weighted by Gasteiger charge is -2.16. The van der Waals surface area contributed by atoms with Gasteiger partial charge >= 0.3 is 0 Å². The monoisotopic (exact) mass is 263 g/mol. The Balaban J connectivity index is 2.53. The Kier molecular flexibility index (Phi) is 5.83. The molecule has 0 heterocycles. The van der Waals surface area contributed by atoms with Crippen molar-refractivity contribution in [2.24, 2.45) is 0 Å². The Morgan fingerprint density at radius 3 is 2.60 bits per heavy atom. The van der Waals surface area contributed by atoms with Gasteiger partial charge < -0.3 is 4.90 Å². The maximum atomic E-state index is 5.95. The minimum Gasteiger partial charge on any atom is -0.301 e. The van der Waals surface area contributed by atoms with Gasteiger partial charge in [0.1, 0.15) is 0 Å². The van der Waals surface area contributed by atoms with E-state index in [-0.39, 0.29) is 0 Å². The molecular weight excluding hydrogens is 249 g/mol. The van der Waals surface area contributed by atoms with E-state index in [1.165, 1.54) is 5.56 Å². The van der Waals surface area contributed by atoms with E-state index in [1.54, 1.807) is 0 Å². The van der Waals surface area contributed by atoms with Crippen LogP contribution in [-0.4, -0.2) is 30.5 Å². The number of hydrogen-bond donors (Lipinski definition) is 0. The summed E-state index contributed by atoms with van der Waals surface area (Å²) in [5.74, 6) is 1.15.